The lowest BCUT2D eigenvalue weighted by atomic mass is 10.3. The molecule has 0 amide bonds. The lowest BCUT2D eigenvalue weighted by Gasteiger charge is -1.94. The number of nitrogens with two attached hydrogens (primary N) is 1. The van der Waals surface area contributed by atoms with Gasteiger partial charge in [0.15, 0.2) is 5.69 Å². The van der Waals surface area contributed by atoms with Crippen molar-refractivity contribution in [2.75, 3.05) is 5.73 Å². The van der Waals surface area contributed by atoms with Crippen molar-refractivity contribution in [2.45, 2.75) is 13.3 Å². The molecule has 0 atom stereocenters. The Hall–Kier alpha value is -2.28. The van der Waals surface area contributed by atoms with E-state index in [0.29, 0.717) is 23.1 Å². The molecule has 2 aromatic heterocycles. The van der Waals surface area contributed by atoms with Crippen molar-refractivity contribution in [3.63, 3.8) is 0 Å². The SMILES string of the molecule is CCC#Cc1coc(-c2cccc(N)n2)n1. The first-order valence-electron chi connectivity index (χ1n) is 4.97. The highest BCUT2D eigenvalue weighted by Gasteiger charge is 2.06. The van der Waals surface area contributed by atoms with Gasteiger partial charge in [0.2, 0.25) is 5.89 Å². The Morgan fingerprint density at radius 1 is 1.38 bits per heavy atom. The van der Waals surface area contributed by atoms with Crippen LogP contribution in [0.1, 0.15) is 19.0 Å². The predicted octanol–water partition coefficient (Wildman–Crippen LogP) is 2.08. The van der Waals surface area contributed by atoms with Gasteiger partial charge in [-0.3, -0.25) is 0 Å². The zero-order chi connectivity index (χ0) is 11.4. The fourth-order valence-corrected chi connectivity index (χ4v) is 1.20. The molecule has 0 unspecified atom stereocenters. The molecule has 0 aliphatic heterocycles. The molecule has 2 rings (SSSR count). The normalized spacial score (nSPS) is 9.56. The Kier molecular flexibility index (Phi) is 2.88. The molecule has 2 N–H and O–H groups in total. The van der Waals surface area contributed by atoms with Crippen LogP contribution in [0.4, 0.5) is 5.82 Å². The average Bonchev–Trinajstić information content (AvgIpc) is 2.75. The average molecular weight is 213 g/mol. The summed E-state index contributed by atoms with van der Waals surface area (Å²) in [6.07, 6.45) is 2.31. The van der Waals surface area contributed by atoms with Crippen molar-refractivity contribution in [3.8, 4) is 23.4 Å². The minimum Gasteiger partial charge on any atom is -0.442 e. The molecular weight excluding hydrogens is 202 g/mol. The van der Waals surface area contributed by atoms with Gasteiger partial charge in [0.05, 0.1) is 0 Å². The van der Waals surface area contributed by atoms with E-state index < -0.39 is 0 Å². The summed E-state index contributed by atoms with van der Waals surface area (Å²) >= 11 is 0. The van der Waals surface area contributed by atoms with Crippen LogP contribution in [-0.2, 0) is 0 Å². The van der Waals surface area contributed by atoms with Crippen molar-refractivity contribution in [1.82, 2.24) is 9.97 Å². The Bertz CT molecular complexity index is 549. The first-order valence-corrected chi connectivity index (χ1v) is 4.97. The topological polar surface area (TPSA) is 64.9 Å². The van der Waals surface area contributed by atoms with Crippen LogP contribution in [0.25, 0.3) is 11.6 Å². The first kappa shape index (κ1) is 10.2. The largest absolute Gasteiger partial charge is 0.442 e. The summed E-state index contributed by atoms with van der Waals surface area (Å²) < 4.78 is 5.27. The summed E-state index contributed by atoms with van der Waals surface area (Å²) in [5.41, 5.74) is 6.80. The summed E-state index contributed by atoms with van der Waals surface area (Å²) in [7, 11) is 0. The van der Waals surface area contributed by atoms with Gasteiger partial charge in [0.25, 0.3) is 0 Å². The highest BCUT2D eigenvalue weighted by molar-refractivity contribution is 5.51. The van der Waals surface area contributed by atoms with Crippen molar-refractivity contribution in [3.05, 3.63) is 30.2 Å². The molecule has 4 nitrogen and oxygen atoms in total. The molecule has 80 valence electrons. The molecule has 4 heteroatoms. The van der Waals surface area contributed by atoms with E-state index in [2.05, 4.69) is 21.8 Å². The number of nitrogens with zero attached hydrogens (tertiary/aromatic N) is 2. The highest BCUT2D eigenvalue weighted by Crippen LogP contribution is 2.16. The van der Waals surface area contributed by atoms with Crippen LogP contribution in [0.2, 0.25) is 0 Å². The van der Waals surface area contributed by atoms with E-state index in [0.717, 1.165) is 6.42 Å². The van der Waals surface area contributed by atoms with Crippen LogP contribution in [0, 0.1) is 11.8 Å². The quantitative estimate of drug-likeness (QED) is 0.736. The smallest absolute Gasteiger partial charge is 0.246 e. The molecule has 16 heavy (non-hydrogen) atoms. The third kappa shape index (κ3) is 2.20. The molecule has 0 saturated heterocycles. The van der Waals surface area contributed by atoms with Crippen LogP contribution < -0.4 is 5.73 Å². The Morgan fingerprint density at radius 3 is 3.00 bits per heavy atom. The number of hydrogen-bond donors (Lipinski definition) is 1. The van der Waals surface area contributed by atoms with E-state index in [1.807, 2.05) is 6.92 Å². The standard InChI is InChI=1S/C12H11N3O/c1-2-3-5-9-8-16-12(14-9)10-6-4-7-11(13)15-10/h4,6-8H,2H2,1H3,(H2,13,15). The van der Waals surface area contributed by atoms with Gasteiger partial charge >= 0.3 is 0 Å². The first-order chi connectivity index (χ1) is 7.79. The maximum absolute atomic E-state index is 5.57. The minimum absolute atomic E-state index is 0.438. The molecule has 0 radical (unpaired) electrons. The minimum atomic E-state index is 0.438. The van der Waals surface area contributed by atoms with E-state index >= 15 is 0 Å². The maximum atomic E-state index is 5.57. The van der Waals surface area contributed by atoms with E-state index in [-0.39, 0.29) is 0 Å². The second-order valence-corrected chi connectivity index (χ2v) is 3.14. The summed E-state index contributed by atoms with van der Waals surface area (Å²) in [6, 6.07) is 5.31. The second-order valence-electron chi connectivity index (χ2n) is 3.14. The number of oxazole rings is 1. The van der Waals surface area contributed by atoms with Crippen molar-refractivity contribution < 1.29 is 4.42 Å². The number of anilines is 1. The predicted molar refractivity (Wildman–Crippen MR) is 61.3 cm³/mol. The maximum Gasteiger partial charge on any atom is 0.246 e. The van der Waals surface area contributed by atoms with Gasteiger partial charge in [-0.15, -0.1) is 0 Å². The van der Waals surface area contributed by atoms with Gasteiger partial charge < -0.3 is 10.2 Å². The van der Waals surface area contributed by atoms with Crippen molar-refractivity contribution >= 4 is 5.82 Å². The van der Waals surface area contributed by atoms with E-state index in [1.165, 1.54) is 6.26 Å². The summed E-state index contributed by atoms with van der Waals surface area (Å²) in [6.45, 7) is 1.98. The van der Waals surface area contributed by atoms with Crippen LogP contribution >= 0.6 is 0 Å². The third-order valence-electron chi connectivity index (χ3n) is 1.89. The molecule has 0 aliphatic carbocycles. The van der Waals surface area contributed by atoms with Crippen molar-refractivity contribution in [1.29, 1.82) is 0 Å². The molecular formula is C12H11N3O. The molecule has 0 aromatic carbocycles. The summed E-state index contributed by atoms with van der Waals surface area (Å²) in [4.78, 5) is 8.31. The number of pyridine rings is 1. The number of aromatic nitrogens is 2. The van der Waals surface area contributed by atoms with Crippen molar-refractivity contribution in [2.24, 2.45) is 0 Å². The fourth-order valence-electron chi connectivity index (χ4n) is 1.20. The van der Waals surface area contributed by atoms with Gasteiger partial charge in [-0.2, -0.15) is 4.98 Å². The lowest BCUT2D eigenvalue weighted by molar-refractivity contribution is 0.572. The molecule has 0 saturated carbocycles. The molecule has 0 bridgehead atoms. The van der Waals surface area contributed by atoms with Crippen LogP contribution in [0.15, 0.2) is 28.9 Å². The molecule has 0 fully saturated rings. The third-order valence-corrected chi connectivity index (χ3v) is 1.89. The van der Waals surface area contributed by atoms with Gasteiger partial charge in [-0.1, -0.05) is 18.9 Å². The number of rotatable bonds is 1. The lowest BCUT2D eigenvalue weighted by Crippen LogP contribution is -1.91. The number of nitrogen functional groups attached to an aromatic ring is 1. The van der Waals surface area contributed by atoms with Crippen LogP contribution in [0.3, 0.4) is 0 Å². The Labute approximate surface area is 93.5 Å². The van der Waals surface area contributed by atoms with Crippen LogP contribution in [-0.4, -0.2) is 9.97 Å². The van der Waals surface area contributed by atoms with Gasteiger partial charge in [0.1, 0.15) is 17.8 Å². The fraction of sp³-hybridized carbons (Fsp3) is 0.167. The van der Waals surface area contributed by atoms with Crippen LogP contribution in [0.5, 0.6) is 0 Å². The van der Waals surface area contributed by atoms with Gasteiger partial charge in [-0.25, -0.2) is 4.98 Å². The molecule has 0 aliphatic rings. The Morgan fingerprint density at radius 2 is 2.25 bits per heavy atom. The van der Waals surface area contributed by atoms with E-state index in [1.54, 1.807) is 18.2 Å². The number of hydrogen-bond acceptors (Lipinski definition) is 4. The zero-order valence-electron chi connectivity index (χ0n) is 8.90. The second kappa shape index (κ2) is 4.49. The summed E-state index contributed by atoms with van der Waals surface area (Å²) in [5, 5.41) is 0. The van der Waals surface area contributed by atoms with E-state index in [4.69, 9.17) is 10.2 Å². The molecule has 2 heterocycles. The van der Waals surface area contributed by atoms with E-state index in [9.17, 15) is 0 Å². The van der Waals surface area contributed by atoms with Gasteiger partial charge in [0, 0.05) is 6.42 Å². The monoisotopic (exact) mass is 213 g/mol. The zero-order valence-corrected chi connectivity index (χ0v) is 8.90. The Balaban J connectivity index is 2.31. The highest BCUT2D eigenvalue weighted by atomic mass is 16.3. The van der Waals surface area contributed by atoms with Gasteiger partial charge in [-0.05, 0) is 18.1 Å². The summed E-state index contributed by atoms with van der Waals surface area (Å²) in [5.74, 6) is 6.69. The molecule has 0 spiro atoms. The molecule has 2 aromatic rings.